The van der Waals surface area contributed by atoms with Crippen LogP contribution in [0.5, 0.6) is 0 Å². The lowest BCUT2D eigenvalue weighted by Gasteiger charge is -2.06. The Kier molecular flexibility index (Phi) is 4.63. The van der Waals surface area contributed by atoms with Crippen LogP contribution in [0.15, 0.2) is 48.5 Å². The topological polar surface area (TPSA) is 72.2 Å². The lowest BCUT2D eigenvalue weighted by Crippen LogP contribution is -2.10. The van der Waals surface area contributed by atoms with Crippen molar-refractivity contribution in [3.05, 3.63) is 75.6 Å². The van der Waals surface area contributed by atoms with E-state index in [4.69, 9.17) is 0 Å². The predicted octanol–water partition coefficient (Wildman–Crippen LogP) is 3.69. The zero-order chi connectivity index (χ0) is 16.1. The van der Waals surface area contributed by atoms with Gasteiger partial charge in [0.05, 0.1) is 4.92 Å². The van der Waals surface area contributed by atoms with Gasteiger partial charge in [0, 0.05) is 12.1 Å². The van der Waals surface area contributed by atoms with Gasteiger partial charge in [-0.05, 0) is 36.3 Å². The van der Waals surface area contributed by atoms with Gasteiger partial charge in [0.2, 0.25) is 5.91 Å². The number of benzene rings is 2. The number of nitro benzene ring substituents is 1. The molecule has 0 aliphatic carbocycles. The molecule has 2 aromatic carbocycles. The second kappa shape index (κ2) is 6.62. The van der Waals surface area contributed by atoms with Crippen LogP contribution < -0.4 is 5.32 Å². The zero-order valence-electron chi connectivity index (χ0n) is 11.7. The van der Waals surface area contributed by atoms with E-state index in [1.165, 1.54) is 42.5 Å². The number of nitrogens with one attached hydrogen (secondary N) is 1. The van der Waals surface area contributed by atoms with Crippen molar-refractivity contribution in [2.24, 2.45) is 0 Å². The maximum absolute atomic E-state index is 12.8. The average Bonchev–Trinajstić information content (AvgIpc) is 2.48. The number of hydrogen-bond donors (Lipinski definition) is 1. The smallest absolute Gasteiger partial charge is 0.293 e. The molecule has 0 saturated carbocycles. The number of halogens is 1. The van der Waals surface area contributed by atoms with Gasteiger partial charge in [-0.1, -0.05) is 24.3 Å². The van der Waals surface area contributed by atoms with E-state index in [0.717, 1.165) is 0 Å². The summed E-state index contributed by atoms with van der Waals surface area (Å²) in [6.45, 7) is 1.67. The SMILES string of the molecule is Cc1cccc([N+](=O)[O-])c1NC(=O)/C=C/c1ccc(F)cc1. The lowest BCUT2D eigenvalue weighted by atomic mass is 10.1. The molecule has 2 rings (SSSR count). The minimum Gasteiger partial charge on any atom is -0.317 e. The summed E-state index contributed by atoms with van der Waals surface area (Å²) < 4.78 is 12.8. The first-order valence-corrected chi connectivity index (χ1v) is 6.46. The van der Waals surface area contributed by atoms with Crippen molar-refractivity contribution in [1.82, 2.24) is 0 Å². The molecule has 1 N–H and O–H groups in total. The van der Waals surface area contributed by atoms with Crippen LogP contribution in [0.25, 0.3) is 6.08 Å². The van der Waals surface area contributed by atoms with Crippen LogP contribution in [0.3, 0.4) is 0 Å². The third-order valence-corrected chi connectivity index (χ3v) is 2.99. The van der Waals surface area contributed by atoms with Gasteiger partial charge < -0.3 is 5.32 Å². The largest absolute Gasteiger partial charge is 0.317 e. The number of carbonyl (C=O) groups excluding carboxylic acids is 1. The number of nitro groups is 1. The first kappa shape index (κ1) is 15.4. The number of carbonyl (C=O) groups is 1. The lowest BCUT2D eigenvalue weighted by molar-refractivity contribution is -0.384. The van der Waals surface area contributed by atoms with Crippen molar-refractivity contribution in [3.63, 3.8) is 0 Å². The van der Waals surface area contributed by atoms with E-state index in [2.05, 4.69) is 5.32 Å². The highest BCUT2D eigenvalue weighted by molar-refractivity contribution is 6.03. The summed E-state index contributed by atoms with van der Waals surface area (Å²) in [5.41, 5.74) is 1.25. The first-order chi connectivity index (χ1) is 10.5. The molecule has 0 radical (unpaired) electrons. The molecule has 0 spiro atoms. The number of nitrogens with zero attached hydrogens (tertiary/aromatic N) is 1. The third-order valence-electron chi connectivity index (χ3n) is 2.99. The molecule has 0 saturated heterocycles. The normalized spacial score (nSPS) is 10.6. The summed E-state index contributed by atoms with van der Waals surface area (Å²) in [5, 5.41) is 13.5. The molecule has 0 aliphatic heterocycles. The molecule has 2 aromatic rings. The maximum Gasteiger partial charge on any atom is 0.293 e. The van der Waals surface area contributed by atoms with Gasteiger partial charge >= 0.3 is 0 Å². The van der Waals surface area contributed by atoms with Crippen LogP contribution in [0.2, 0.25) is 0 Å². The van der Waals surface area contributed by atoms with E-state index >= 15 is 0 Å². The molecule has 0 atom stereocenters. The molecule has 112 valence electrons. The molecule has 1 amide bonds. The van der Waals surface area contributed by atoms with E-state index in [1.54, 1.807) is 19.1 Å². The standard InChI is InChI=1S/C16H13FN2O3/c1-11-3-2-4-14(19(21)22)16(11)18-15(20)10-7-12-5-8-13(17)9-6-12/h2-10H,1H3,(H,18,20)/b10-7+. The summed E-state index contributed by atoms with van der Waals surface area (Å²) in [5.74, 6) is -0.862. The fourth-order valence-corrected chi connectivity index (χ4v) is 1.88. The Balaban J connectivity index is 2.16. The monoisotopic (exact) mass is 300 g/mol. The van der Waals surface area contributed by atoms with E-state index in [0.29, 0.717) is 11.1 Å². The molecule has 0 aromatic heterocycles. The van der Waals surface area contributed by atoms with Crippen molar-refractivity contribution < 1.29 is 14.1 Å². The molecule has 0 fully saturated rings. The van der Waals surface area contributed by atoms with Crippen LogP contribution in [-0.2, 0) is 4.79 Å². The van der Waals surface area contributed by atoms with E-state index in [-0.39, 0.29) is 17.2 Å². The van der Waals surface area contributed by atoms with Crippen LogP contribution in [0, 0.1) is 22.9 Å². The minimum atomic E-state index is -0.549. The Morgan fingerprint density at radius 1 is 1.23 bits per heavy atom. The quantitative estimate of drug-likeness (QED) is 0.531. The van der Waals surface area contributed by atoms with Gasteiger partial charge in [0.15, 0.2) is 0 Å². The van der Waals surface area contributed by atoms with Crippen LogP contribution in [0.1, 0.15) is 11.1 Å². The molecule has 0 unspecified atom stereocenters. The fraction of sp³-hybridized carbons (Fsp3) is 0.0625. The van der Waals surface area contributed by atoms with Crippen molar-refractivity contribution >= 4 is 23.4 Å². The van der Waals surface area contributed by atoms with Gasteiger partial charge in [0.1, 0.15) is 11.5 Å². The first-order valence-electron chi connectivity index (χ1n) is 6.46. The van der Waals surface area contributed by atoms with Crippen LogP contribution in [-0.4, -0.2) is 10.8 Å². The summed E-state index contributed by atoms with van der Waals surface area (Å²) in [7, 11) is 0. The molecule has 5 nitrogen and oxygen atoms in total. The van der Waals surface area contributed by atoms with E-state index < -0.39 is 10.8 Å². The highest BCUT2D eigenvalue weighted by Gasteiger charge is 2.16. The Bertz CT molecular complexity index is 740. The Morgan fingerprint density at radius 3 is 2.55 bits per heavy atom. The van der Waals surface area contributed by atoms with E-state index in [1.807, 2.05) is 0 Å². The summed E-state index contributed by atoms with van der Waals surface area (Å²) in [6, 6.07) is 10.2. The van der Waals surface area contributed by atoms with Crippen molar-refractivity contribution in [1.29, 1.82) is 0 Å². The maximum atomic E-state index is 12.8. The molecular weight excluding hydrogens is 287 g/mol. The third kappa shape index (κ3) is 3.76. The second-order valence-electron chi connectivity index (χ2n) is 4.60. The van der Waals surface area contributed by atoms with Gasteiger partial charge in [-0.3, -0.25) is 14.9 Å². The second-order valence-corrected chi connectivity index (χ2v) is 4.60. The average molecular weight is 300 g/mol. The Hall–Kier alpha value is -3.02. The molecule has 6 heteroatoms. The highest BCUT2D eigenvalue weighted by atomic mass is 19.1. The highest BCUT2D eigenvalue weighted by Crippen LogP contribution is 2.27. The number of rotatable bonds is 4. The predicted molar refractivity (Wildman–Crippen MR) is 81.9 cm³/mol. The van der Waals surface area contributed by atoms with Gasteiger partial charge in [-0.15, -0.1) is 0 Å². The number of amides is 1. The minimum absolute atomic E-state index is 0.163. The number of aryl methyl sites for hydroxylation is 1. The van der Waals surface area contributed by atoms with Crippen molar-refractivity contribution in [3.8, 4) is 0 Å². The van der Waals surface area contributed by atoms with Gasteiger partial charge in [-0.2, -0.15) is 0 Å². The zero-order valence-corrected chi connectivity index (χ0v) is 11.7. The number of anilines is 1. The molecule has 0 bridgehead atoms. The fourth-order valence-electron chi connectivity index (χ4n) is 1.88. The van der Waals surface area contributed by atoms with Gasteiger partial charge in [0.25, 0.3) is 5.69 Å². The van der Waals surface area contributed by atoms with Crippen molar-refractivity contribution in [2.45, 2.75) is 6.92 Å². The molecular formula is C16H13FN2O3. The van der Waals surface area contributed by atoms with E-state index in [9.17, 15) is 19.3 Å². The van der Waals surface area contributed by atoms with Crippen molar-refractivity contribution in [2.75, 3.05) is 5.32 Å². The Labute approximate surface area is 126 Å². The Morgan fingerprint density at radius 2 is 1.91 bits per heavy atom. The molecule has 0 heterocycles. The summed E-state index contributed by atoms with van der Waals surface area (Å²) in [4.78, 5) is 22.3. The molecule has 22 heavy (non-hydrogen) atoms. The van der Waals surface area contributed by atoms with Crippen LogP contribution >= 0.6 is 0 Å². The number of hydrogen-bond acceptors (Lipinski definition) is 3. The van der Waals surface area contributed by atoms with Crippen LogP contribution in [0.4, 0.5) is 15.8 Å². The summed E-state index contributed by atoms with van der Waals surface area (Å²) >= 11 is 0. The number of para-hydroxylation sites is 1. The summed E-state index contributed by atoms with van der Waals surface area (Å²) in [6.07, 6.45) is 2.74. The molecule has 0 aliphatic rings. The van der Waals surface area contributed by atoms with Gasteiger partial charge in [-0.25, -0.2) is 4.39 Å².